The van der Waals surface area contributed by atoms with Crippen LogP contribution in [0.4, 0.5) is 0 Å². The fraction of sp³-hybridized carbons (Fsp3) is 0.214. The van der Waals surface area contributed by atoms with Gasteiger partial charge in [0.1, 0.15) is 12.3 Å². The lowest BCUT2D eigenvalue weighted by molar-refractivity contribution is -0.121. The van der Waals surface area contributed by atoms with Crippen LogP contribution < -0.4 is 5.32 Å². The van der Waals surface area contributed by atoms with Crippen molar-refractivity contribution in [1.82, 2.24) is 10.3 Å². The Morgan fingerprint density at radius 3 is 2.42 bits per heavy atom. The second kappa shape index (κ2) is 9.74. The third kappa shape index (κ3) is 4.98. The van der Waals surface area contributed by atoms with Gasteiger partial charge in [0.25, 0.3) is 0 Å². The van der Waals surface area contributed by atoms with Crippen LogP contribution in [0.1, 0.15) is 51.4 Å². The van der Waals surface area contributed by atoms with Crippen molar-refractivity contribution in [3.63, 3.8) is 0 Å². The number of fused-ring (bicyclic) bond motifs is 1. The molecule has 0 saturated heterocycles. The lowest BCUT2D eigenvalue weighted by atomic mass is 9.99. The minimum atomic E-state index is -0.421. The normalized spacial score (nSPS) is 11.8. The first kappa shape index (κ1) is 22.3. The average molecular weight is 441 g/mol. The molecule has 3 aromatic carbocycles. The van der Waals surface area contributed by atoms with Gasteiger partial charge in [-0.05, 0) is 53.8 Å². The van der Waals surface area contributed by atoms with Crippen molar-refractivity contribution in [1.29, 1.82) is 0 Å². The molecule has 0 fully saturated rings. The molecule has 0 saturated carbocycles. The average Bonchev–Trinajstić information content (AvgIpc) is 3.11. The van der Waals surface area contributed by atoms with Crippen molar-refractivity contribution >= 4 is 22.6 Å². The summed E-state index contributed by atoms with van der Waals surface area (Å²) in [6, 6.07) is 23.7. The highest BCUT2D eigenvalue weighted by molar-refractivity contribution is 5.91. The van der Waals surface area contributed by atoms with Gasteiger partial charge in [-0.1, -0.05) is 72.8 Å². The molecule has 1 aromatic heterocycles. The van der Waals surface area contributed by atoms with E-state index in [1.165, 1.54) is 0 Å². The van der Waals surface area contributed by atoms with Crippen molar-refractivity contribution in [2.75, 3.05) is 0 Å². The highest BCUT2D eigenvalue weighted by atomic mass is 16.5. The van der Waals surface area contributed by atoms with Crippen LogP contribution in [0.5, 0.6) is 0 Å². The Morgan fingerprint density at radius 2 is 1.64 bits per heavy atom. The number of benzene rings is 3. The summed E-state index contributed by atoms with van der Waals surface area (Å²) in [6.07, 6.45) is 0.190. The predicted octanol–water partition coefficient (Wildman–Crippen LogP) is 5.56. The molecule has 2 N–H and O–H groups in total. The topological polar surface area (TPSA) is 71.2 Å². The molecule has 1 heterocycles. The number of esters is 1. The van der Waals surface area contributed by atoms with E-state index in [2.05, 4.69) is 28.5 Å². The van der Waals surface area contributed by atoms with Crippen molar-refractivity contribution in [3.05, 3.63) is 106 Å². The van der Waals surface area contributed by atoms with Crippen LogP contribution in [0.25, 0.3) is 10.8 Å². The highest BCUT2D eigenvalue weighted by Crippen LogP contribution is 2.25. The van der Waals surface area contributed by atoms with E-state index in [9.17, 15) is 9.59 Å². The van der Waals surface area contributed by atoms with E-state index in [1.54, 1.807) is 0 Å². The molecule has 0 radical (unpaired) electrons. The highest BCUT2D eigenvalue weighted by Gasteiger charge is 2.21. The van der Waals surface area contributed by atoms with Crippen LogP contribution in [0.15, 0.2) is 72.8 Å². The number of hydrogen-bond donors (Lipinski definition) is 2. The fourth-order valence-corrected chi connectivity index (χ4v) is 4.21. The monoisotopic (exact) mass is 440 g/mol. The molecule has 4 rings (SSSR count). The lowest BCUT2D eigenvalue weighted by Gasteiger charge is -2.17. The molecule has 5 heteroatoms. The van der Waals surface area contributed by atoms with Gasteiger partial charge in [0.15, 0.2) is 0 Å². The van der Waals surface area contributed by atoms with Gasteiger partial charge in [-0.25, -0.2) is 4.79 Å². The molecule has 0 aliphatic rings. The van der Waals surface area contributed by atoms with Gasteiger partial charge in [0, 0.05) is 5.69 Å². The SMILES string of the molecule is Cc1[nH]c(C(=O)OCc2ccccc2)c(C)c1CC(=O)N[C@@H](C)c1cccc2ccccc12. The van der Waals surface area contributed by atoms with Gasteiger partial charge >= 0.3 is 5.97 Å². The third-order valence-electron chi connectivity index (χ3n) is 6.01. The molecule has 1 atom stereocenters. The zero-order chi connectivity index (χ0) is 23.4. The van der Waals surface area contributed by atoms with E-state index in [1.807, 2.05) is 75.4 Å². The first-order chi connectivity index (χ1) is 15.9. The van der Waals surface area contributed by atoms with Gasteiger partial charge in [-0.3, -0.25) is 4.79 Å². The molecule has 5 nitrogen and oxygen atoms in total. The van der Waals surface area contributed by atoms with E-state index in [-0.39, 0.29) is 25.0 Å². The van der Waals surface area contributed by atoms with E-state index >= 15 is 0 Å². The molecular weight excluding hydrogens is 412 g/mol. The van der Waals surface area contributed by atoms with Crippen LogP contribution in [0.3, 0.4) is 0 Å². The van der Waals surface area contributed by atoms with Crippen LogP contribution in [-0.4, -0.2) is 16.9 Å². The molecule has 0 bridgehead atoms. The molecule has 0 aliphatic heterocycles. The summed E-state index contributed by atoms with van der Waals surface area (Å²) in [4.78, 5) is 28.6. The van der Waals surface area contributed by atoms with Crippen LogP contribution in [0.2, 0.25) is 0 Å². The quantitative estimate of drug-likeness (QED) is 0.370. The number of aromatic amines is 1. The van der Waals surface area contributed by atoms with Crippen molar-refractivity contribution in [2.45, 2.75) is 39.8 Å². The van der Waals surface area contributed by atoms with Crippen LogP contribution >= 0.6 is 0 Å². The first-order valence-corrected chi connectivity index (χ1v) is 11.1. The number of hydrogen-bond acceptors (Lipinski definition) is 3. The van der Waals surface area contributed by atoms with Crippen molar-refractivity contribution < 1.29 is 14.3 Å². The Hall–Kier alpha value is -3.86. The zero-order valence-corrected chi connectivity index (χ0v) is 19.1. The van der Waals surface area contributed by atoms with E-state index in [4.69, 9.17) is 4.74 Å². The summed E-state index contributed by atoms with van der Waals surface area (Å²) < 4.78 is 5.46. The Kier molecular flexibility index (Phi) is 6.59. The lowest BCUT2D eigenvalue weighted by Crippen LogP contribution is -2.28. The summed E-state index contributed by atoms with van der Waals surface area (Å²) in [5.74, 6) is -0.514. The number of H-pyrrole nitrogens is 1. The number of nitrogens with one attached hydrogen (secondary N) is 2. The maximum Gasteiger partial charge on any atom is 0.355 e. The Bertz CT molecular complexity index is 1290. The zero-order valence-electron chi connectivity index (χ0n) is 19.1. The summed E-state index contributed by atoms with van der Waals surface area (Å²) in [6.45, 7) is 5.91. The van der Waals surface area contributed by atoms with E-state index < -0.39 is 5.97 Å². The largest absolute Gasteiger partial charge is 0.456 e. The number of ether oxygens (including phenoxy) is 1. The molecule has 0 aliphatic carbocycles. The van der Waals surface area contributed by atoms with Gasteiger partial charge < -0.3 is 15.0 Å². The van der Waals surface area contributed by atoms with Crippen molar-refractivity contribution in [2.24, 2.45) is 0 Å². The van der Waals surface area contributed by atoms with E-state index in [0.717, 1.165) is 38.7 Å². The number of carbonyl (C=O) groups excluding carboxylic acids is 2. The molecule has 1 amide bonds. The maximum atomic E-state index is 12.9. The first-order valence-electron chi connectivity index (χ1n) is 11.1. The smallest absolute Gasteiger partial charge is 0.355 e. The summed E-state index contributed by atoms with van der Waals surface area (Å²) in [5.41, 5.74) is 4.77. The van der Waals surface area contributed by atoms with Crippen LogP contribution in [-0.2, 0) is 22.6 Å². The second-order valence-electron chi connectivity index (χ2n) is 8.32. The number of rotatable bonds is 7. The molecule has 0 unspecified atom stereocenters. The Morgan fingerprint density at radius 1 is 0.939 bits per heavy atom. The molecule has 33 heavy (non-hydrogen) atoms. The summed E-state index contributed by atoms with van der Waals surface area (Å²) >= 11 is 0. The number of amides is 1. The van der Waals surface area contributed by atoms with Crippen LogP contribution in [0, 0.1) is 13.8 Å². The molecule has 0 spiro atoms. The molecule has 4 aromatic rings. The molecular formula is C28H28N2O3. The second-order valence-corrected chi connectivity index (χ2v) is 8.32. The predicted molar refractivity (Wildman–Crippen MR) is 130 cm³/mol. The summed E-state index contributed by atoms with van der Waals surface area (Å²) in [5, 5.41) is 5.38. The summed E-state index contributed by atoms with van der Waals surface area (Å²) in [7, 11) is 0. The Balaban J connectivity index is 1.44. The van der Waals surface area contributed by atoms with Crippen molar-refractivity contribution in [3.8, 4) is 0 Å². The third-order valence-corrected chi connectivity index (χ3v) is 6.01. The fourth-order valence-electron chi connectivity index (χ4n) is 4.21. The number of aryl methyl sites for hydroxylation is 1. The minimum absolute atomic E-state index is 0.0927. The minimum Gasteiger partial charge on any atom is -0.456 e. The maximum absolute atomic E-state index is 12.9. The van der Waals surface area contributed by atoms with Gasteiger partial charge in [0.05, 0.1) is 12.5 Å². The van der Waals surface area contributed by atoms with E-state index in [0.29, 0.717) is 5.69 Å². The molecule has 168 valence electrons. The number of aromatic nitrogens is 1. The van der Waals surface area contributed by atoms with Gasteiger partial charge in [-0.15, -0.1) is 0 Å². The standard InChI is InChI=1S/C28H28N2O3/c1-18-25(20(3)30-27(18)28(32)33-17-21-10-5-4-6-11-21)16-26(31)29-19(2)23-15-9-13-22-12-7-8-14-24(22)23/h4-15,19,30H,16-17H2,1-3H3,(H,29,31)/t19-/m0/s1. The van der Waals surface area contributed by atoms with Gasteiger partial charge in [0.2, 0.25) is 5.91 Å². The van der Waals surface area contributed by atoms with Gasteiger partial charge in [-0.2, -0.15) is 0 Å². The number of carbonyl (C=O) groups is 2. The Labute approximate surface area is 193 Å².